The van der Waals surface area contributed by atoms with Crippen molar-refractivity contribution in [3.05, 3.63) is 84.9 Å². The molecule has 3 aromatic rings. The minimum absolute atomic E-state index is 0.0972. The highest BCUT2D eigenvalue weighted by Crippen LogP contribution is 2.22. The molecule has 0 spiro atoms. The summed E-state index contributed by atoms with van der Waals surface area (Å²) in [6.07, 6.45) is 0. The molecule has 0 bridgehead atoms. The summed E-state index contributed by atoms with van der Waals surface area (Å²) < 4.78 is 27.2. The summed E-state index contributed by atoms with van der Waals surface area (Å²) in [6, 6.07) is 24.4. The van der Waals surface area contributed by atoms with E-state index in [1.54, 1.807) is 42.5 Å². The van der Waals surface area contributed by atoms with Gasteiger partial charge >= 0.3 is 0 Å². The number of hydrogen-bond donors (Lipinski definition) is 2. The van der Waals surface area contributed by atoms with Crippen molar-refractivity contribution in [2.24, 2.45) is 0 Å². The van der Waals surface area contributed by atoms with Gasteiger partial charge in [0.25, 0.3) is 10.0 Å². The number of nitrogens with one attached hydrogen (secondary N) is 2. The quantitative estimate of drug-likeness (QED) is 0.585. The van der Waals surface area contributed by atoms with E-state index in [1.165, 1.54) is 23.9 Å². The molecule has 27 heavy (non-hydrogen) atoms. The van der Waals surface area contributed by atoms with E-state index < -0.39 is 10.0 Å². The van der Waals surface area contributed by atoms with Crippen LogP contribution in [-0.4, -0.2) is 20.1 Å². The zero-order chi connectivity index (χ0) is 19.1. The van der Waals surface area contributed by atoms with Crippen LogP contribution in [0.25, 0.3) is 0 Å². The average Bonchev–Trinajstić information content (AvgIpc) is 2.69. The molecule has 0 fully saturated rings. The lowest BCUT2D eigenvalue weighted by Gasteiger charge is -2.09. The molecule has 0 aliphatic heterocycles. The summed E-state index contributed by atoms with van der Waals surface area (Å²) in [5.41, 5.74) is 1.23. The Bertz CT molecular complexity index is 990. The molecule has 0 radical (unpaired) electrons. The van der Waals surface area contributed by atoms with Gasteiger partial charge in [-0.25, -0.2) is 8.42 Å². The molecule has 1 amide bonds. The smallest absolute Gasteiger partial charge is 0.261 e. The zero-order valence-electron chi connectivity index (χ0n) is 14.3. The van der Waals surface area contributed by atoms with Crippen molar-refractivity contribution in [1.82, 2.24) is 0 Å². The average molecular weight is 399 g/mol. The maximum Gasteiger partial charge on any atom is 0.261 e. The molecule has 138 valence electrons. The second kappa shape index (κ2) is 8.75. The third kappa shape index (κ3) is 5.60. The van der Waals surface area contributed by atoms with Gasteiger partial charge in [0.2, 0.25) is 5.91 Å². The standard InChI is InChI=1S/C20H18N2O3S2/c23-20(21-16-7-3-1-4-8-16)15-26-18-13-11-17(12-14-18)22-27(24,25)19-9-5-2-6-10-19/h1-14,22H,15H2,(H,21,23). The van der Waals surface area contributed by atoms with E-state index in [0.717, 1.165) is 10.6 Å². The first-order valence-corrected chi connectivity index (χ1v) is 10.7. The van der Waals surface area contributed by atoms with Gasteiger partial charge in [0.1, 0.15) is 0 Å². The maximum absolute atomic E-state index is 12.3. The molecule has 0 aromatic heterocycles. The molecule has 7 heteroatoms. The molecular formula is C20H18N2O3S2. The fourth-order valence-electron chi connectivity index (χ4n) is 2.30. The molecule has 3 rings (SSSR count). The molecule has 0 saturated carbocycles. The van der Waals surface area contributed by atoms with E-state index in [0.29, 0.717) is 5.69 Å². The molecule has 0 aliphatic rings. The van der Waals surface area contributed by atoms with Crippen LogP contribution in [0.3, 0.4) is 0 Å². The molecule has 0 unspecified atom stereocenters. The summed E-state index contributed by atoms with van der Waals surface area (Å²) in [4.78, 5) is 13.1. The van der Waals surface area contributed by atoms with Crippen molar-refractivity contribution in [2.45, 2.75) is 9.79 Å². The minimum atomic E-state index is -3.61. The molecule has 3 aromatic carbocycles. The molecular weight excluding hydrogens is 380 g/mol. The van der Waals surface area contributed by atoms with E-state index in [-0.39, 0.29) is 16.6 Å². The number of sulfonamides is 1. The van der Waals surface area contributed by atoms with Crippen molar-refractivity contribution in [3.8, 4) is 0 Å². The van der Waals surface area contributed by atoms with Gasteiger partial charge in [0.05, 0.1) is 10.6 Å². The number of hydrogen-bond acceptors (Lipinski definition) is 4. The number of carbonyl (C=O) groups is 1. The van der Waals surface area contributed by atoms with Crippen LogP contribution in [0.15, 0.2) is 94.7 Å². The summed E-state index contributed by atoms with van der Waals surface area (Å²) >= 11 is 1.38. The normalized spacial score (nSPS) is 11.0. The van der Waals surface area contributed by atoms with E-state index in [2.05, 4.69) is 10.0 Å². The second-order valence-corrected chi connectivity index (χ2v) is 8.38. The Morgan fingerprint density at radius 3 is 2.00 bits per heavy atom. The van der Waals surface area contributed by atoms with Gasteiger partial charge < -0.3 is 5.32 Å². The fourth-order valence-corrected chi connectivity index (χ4v) is 4.08. The van der Waals surface area contributed by atoms with Gasteiger partial charge in [-0.15, -0.1) is 11.8 Å². The SMILES string of the molecule is O=C(CSc1ccc(NS(=O)(=O)c2ccccc2)cc1)Nc1ccccc1. The monoisotopic (exact) mass is 398 g/mol. The largest absolute Gasteiger partial charge is 0.325 e. The van der Waals surface area contributed by atoms with E-state index in [4.69, 9.17) is 0 Å². The highest BCUT2D eigenvalue weighted by atomic mass is 32.2. The number of thioether (sulfide) groups is 1. The summed E-state index contributed by atoms with van der Waals surface area (Å²) in [5, 5.41) is 2.82. The van der Waals surface area contributed by atoms with Crippen LogP contribution >= 0.6 is 11.8 Å². The van der Waals surface area contributed by atoms with Crippen LogP contribution in [0.5, 0.6) is 0 Å². The van der Waals surface area contributed by atoms with Crippen molar-refractivity contribution in [1.29, 1.82) is 0 Å². The van der Waals surface area contributed by atoms with Gasteiger partial charge in [0, 0.05) is 16.3 Å². The van der Waals surface area contributed by atoms with Gasteiger partial charge in [0.15, 0.2) is 0 Å². The van der Waals surface area contributed by atoms with Crippen LogP contribution in [-0.2, 0) is 14.8 Å². The second-order valence-electron chi connectivity index (χ2n) is 5.65. The lowest BCUT2D eigenvalue weighted by molar-refractivity contribution is -0.113. The molecule has 2 N–H and O–H groups in total. The maximum atomic E-state index is 12.3. The van der Waals surface area contributed by atoms with Gasteiger partial charge in [-0.3, -0.25) is 9.52 Å². The Labute approximate surface area is 162 Å². The minimum Gasteiger partial charge on any atom is -0.325 e. The first-order valence-electron chi connectivity index (χ1n) is 8.18. The Morgan fingerprint density at radius 2 is 1.37 bits per heavy atom. The Hall–Kier alpha value is -2.77. The number of amides is 1. The molecule has 0 atom stereocenters. The Balaban J connectivity index is 1.55. The third-order valence-electron chi connectivity index (χ3n) is 3.59. The predicted octanol–water partition coefficient (Wildman–Crippen LogP) is 4.22. The van der Waals surface area contributed by atoms with Gasteiger partial charge in [-0.2, -0.15) is 0 Å². The summed E-state index contributed by atoms with van der Waals surface area (Å²) in [5.74, 6) is 0.171. The van der Waals surface area contributed by atoms with Crippen molar-refractivity contribution in [2.75, 3.05) is 15.8 Å². The Morgan fingerprint density at radius 1 is 0.778 bits per heavy atom. The highest BCUT2D eigenvalue weighted by Gasteiger charge is 2.13. The summed E-state index contributed by atoms with van der Waals surface area (Å²) in [6.45, 7) is 0. The first-order chi connectivity index (χ1) is 13.0. The van der Waals surface area contributed by atoms with E-state index in [1.807, 2.05) is 30.3 Å². The summed E-state index contributed by atoms with van der Waals surface area (Å²) in [7, 11) is -3.61. The number of benzene rings is 3. The van der Waals surface area contributed by atoms with Crippen LogP contribution < -0.4 is 10.0 Å². The number of rotatable bonds is 7. The molecule has 0 aliphatic carbocycles. The van der Waals surface area contributed by atoms with Crippen LogP contribution in [0.2, 0.25) is 0 Å². The van der Waals surface area contributed by atoms with E-state index >= 15 is 0 Å². The molecule has 0 heterocycles. The van der Waals surface area contributed by atoms with Crippen molar-refractivity contribution >= 4 is 39.1 Å². The molecule has 0 saturated heterocycles. The van der Waals surface area contributed by atoms with Crippen LogP contribution in [0.1, 0.15) is 0 Å². The predicted molar refractivity (Wildman–Crippen MR) is 109 cm³/mol. The van der Waals surface area contributed by atoms with Gasteiger partial charge in [-0.1, -0.05) is 36.4 Å². The third-order valence-corrected chi connectivity index (χ3v) is 6.00. The molecule has 5 nitrogen and oxygen atoms in total. The van der Waals surface area contributed by atoms with Crippen molar-refractivity contribution in [3.63, 3.8) is 0 Å². The lowest BCUT2D eigenvalue weighted by Crippen LogP contribution is -2.14. The lowest BCUT2D eigenvalue weighted by atomic mass is 10.3. The topological polar surface area (TPSA) is 75.3 Å². The first kappa shape index (κ1) is 19.0. The number of carbonyl (C=O) groups excluding carboxylic acids is 1. The Kier molecular flexibility index (Phi) is 6.16. The zero-order valence-corrected chi connectivity index (χ0v) is 16.0. The number of anilines is 2. The van der Waals surface area contributed by atoms with E-state index in [9.17, 15) is 13.2 Å². The van der Waals surface area contributed by atoms with Crippen molar-refractivity contribution < 1.29 is 13.2 Å². The fraction of sp³-hybridized carbons (Fsp3) is 0.0500. The highest BCUT2D eigenvalue weighted by molar-refractivity contribution is 8.00. The van der Waals surface area contributed by atoms with Gasteiger partial charge in [-0.05, 0) is 48.5 Å². The van der Waals surface area contributed by atoms with Crippen LogP contribution in [0.4, 0.5) is 11.4 Å². The number of para-hydroxylation sites is 1. The van der Waals surface area contributed by atoms with Crippen LogP contribution in [0, 0.1) is 0 Å².